The van der Waals surface area contributed by atoms with E-state index in [4.69, 9.17) is 15.3 Å². The summed E-state index contributed by atoms with van der Waals surface area (Å²) in [4.78, 5) is 2.22. The van der Waals surface area contributed by atoms with Gasteiger partial charge >= 0.3 is 0 Å². The van der Waals surface area contributed by atoms with Crippen LogP contribution >= 0.6 is 0 Å². The highest BCUT2D eigenvalue weighted by Gasteiger charge is 2.08. The number of ether oxygens (including phenoxy) is 1. The van der Waals surface area contributed by atoms with Gasteiger partial charge in [-0.25, -0.2) is 0 Å². The highest BCUT2D eigenvalue weighted by molar-refractivity contribution is 5.34. The summed E-state index contributed by atoms with van der Waals surface area (Å²) in [5.41, 5.74) is 0.630. The van der Waals surface area contributed by atoms with Crippen LogP contribution in [0.15, 0.2) is 24.3 Å². The molecule has 0 amide bonds. The summed E-state index contributed by atoms with van der Waals surface area (Å²) in [7, 11) is 0. The highest BCUT2D eigenvalue weighted by atomic mass is 16.5. The summed E-state index contributed by atoms with van der Waals surface area (Å²) >= 11 is 0. The molecule has 0 atom stereocenters. The van der Waals surface area contributed by atoms with Crippen molar-refractivity contribution in [2.24, 2.45) is 0 Å². The van der Waals surface area contributed by atoms with E-state index in [-0.39, 0.29) is 0 Å². The van der Waals surface area contributed by atoms with Gasteiger partial charge in [-0.2, -0.15) is 10.5 Å². The van der Waals surface area contributed by atoms with Gasteiger partial charge in [0, 0.05) is 25.6 Å². The minimum atomic E-state index is 0.401. The predicted octanol–water partition coefficient (Wildman–Crippen LogP) is 2.56. The number of hydrogen-bond donors (Lipinski definition) is 0. The molecule has 0 saturated heterocycles. The lowest BCUT2D eigenvalue weighted by Crippen LogP contribution is -2.35. The monoisotopic (exact) mass is 257 g/mol. The molecular formula is C15H19N3O. The first-order valence-corrected chi connectivity index (χ1v) is 6.41. The first-order chi connectivity index (χ1) is 9.17. The molecule has 0 radical (unpaired) electrons. The minimum absolute atomic E-state index is 0.401. The van der Waals surface area contributed by atoms with E-state index in [1.165, 1.54) is 0 Å². The summed E-state index contributed by atoms with van der Waals surface area (Å²) in [6.45, 7) is 6.36. The van der Waals surface area contributed by atoms with E-state index in [2.05, 4.69) is 30.9 Å². The second-order valence-electron chi connectivity index (χ2n) is 4.52. The maximum absolute atomic E-state index is 8.70. The van der Waals surface area contributed by atoms with E-state index in [9.17, 15) is 0 Å². The Labute approximate surface area is 114 Å². The lowest BCUT2D eigenvalue weighted by Gasteiger charge is -2.25. The third kappa shape index (κ3) is 5.42. The molecule has 19 heavy (non-hydrogen) atoms. The normalized spacial score (nSPS) is 10.2. The lowest BCUT2D eigenvalue weighted by atomic mass is 10.2. The van der Waals surface area contributed by atoms with Crippen LogP contribution in [0.3, 0.4) is 0 Å². The van der Waals surface area contributed by atoms with Crippen molar-refractivity contribution in [3.05, 3.63) is 29.8 Å². The van der Waals surface area contributed by atoms with Gasteiger partial charge in [-0.15, -0.1) is 0 Å². The first kappa shape index (κ1) is 15.0. The molecule has 4 heteroatoms. The van der Waals surface area contributed by atoms with Crippen LogP contribution in [0, 0.1) is 22.7 Å². The number of rotatable bonds is 7. The predicted molar refractivity (Wildman–Crippen MR) is 73.6 cm³/mol. The van der Waals surface area contributed by atoms with Gasteiger partial charge in [-0.05, 0) is 38.1 Å². The topological polar surface area (TPSA) is 60.1 Å². The number of nitriles is 2. The van der Waals surface area contributed by atoms with Crippen LogP contribution in [-0.2, 0) is 0 Å². The zero-order valence-electron chi connectivity index (χ0n) is 11.5. The van der Waals surface area contributed by atoms with Crippen LogP contribution in [0.1, 0.15) is 25.8 Å². The molecule has 4 nitrogen and oxygen atoms in total. The molecule has 1 aromatic carbocycles. The Morgan fingerprint density at radius 1 is 1.16 bits per heavy atom. The van der Waals surface area contributed by atoms with Crippen LogP contribution in [0.25, 0.3) is 0 Å². The molecule has 0 saturated carbocycles. The second-order valence-corrected chi connectivity index (χ2v) is 4.52. The SMILES string of the molecule is CC(C)N(CCC#N)CCOc1ccc(C#N)cc1. The van der Waals surface area contributed by atoms with E-state index in [0.717, 1.165) is 18.8 Å². The molecule has 100 valence electrons. The van der Waals surface area contributed by atoms with Crippen molar-refractivity contribution in [1.82, 2.24) is 4.90 Å². The number of benzene rings is 1. The van der Waals surface area contributed by atoms with Crippen LogP contribution in [0.4, 0.5) is 0 Å². The molecule has 0 aliphatic carbocycles. The molecular weight excluding hydrogens is 238 g/mol. The average molecular weight is 257 g/mol. The van der Waals surface area contributed by atoms with Crippen molar-refractivity contribution < 1.29 is 4.74 Å². The molecule has 0 aromatic heterocycles. The Hall–Kier alpha value is -2.04. The molecule has 1 rings (SSSR count). The third-order valence-corrected chi connectivity index (χ3v) is 2.87. The third-order valence-electron chi connectivity index (χ3n) is 2.87. The molecule has 0 heterocycles. The van der Waals surface area contributed by atoms with Crippen molar-refractivity contribution in [3.63, 3.8) is 0 Å². The van der Waals surface area contributed by atoms with Gasteiger partial charge in [0.2, 0.25) is 0 Å². The van der Waals surface area contributed by atoms with E-state index in [1.807, 2.05) is 0 Å². The quantitative estimate of drug-likeness (QED) is 0.753. The summed E-state index contributed by atoms with van der Waals surface area (Å²) in [6.07, 6.45) is 0.537. The molecule has 0 N–H and O–H groups in total. The van der Waals surface area contributed by atoms with E-state index >= 15 is 0 Å². The smallest absolute Gasteiger partial charge is 0.119 e. The van der Waals surface area contributed by atoms with Crippen LogP contribution in [-0.4, -0.2) is 30.6 Å². The van der Waals surface area contributed by atoms with Gasteiger partial charge in [-0.1, -0.05) is 0 Å². The molecule has 0 bridgehead atoms. The van der Waals surface area contributed by atoms with Crippen LogP contribution < -0.4 is 4.74 Å². The fourth-order valence-corrected chi connectivity index (χ4v) is 1.73. The lowest BCUT2D eigenvalue weighted by molar-refractivity contribution is 0.179. The largest absolute Gasteiger partial charge is 0.492 e. The standard InChI is InChI=1S/C15H19N3O/c1-13(2)18(9-3-8-16)10-11-19-15-6-4-14(12-17)5-7-15/h4-7,13H,3,9-11H2,1-2H3. The molecule has 0 spiro atoms. The zero-order chi connectivity index (χ0) is 14.1. The maximum atomic E-state index is 8.70. The fraction of sp³-hybridized carbons (Fsp3) is 0.467. The maximum Gasteiger partial charge on any atom is 0.119 e. The average Bonchev–Trinajstić information content (AvgIpc) is 2.43. The van der Waals surface area contributed by atoms with Gasteiger partial charge in [0.1, 0.15) is 12.4 Å². The zero-order valence-corrected chi connectivity index (χ0v) is 11.5. The molecule has 1 aromatic rings. The van der Waals surface area contributed by atoms with E-state index in [0.29, 0.717) is 24.6 Å². The van der Waals surface area contributed by atoms with Gasteiger partial charge in [0.25, 0.3) is 0 Å². The van der Waals surface area contributed by atoms with Gasteiger partial charge in [0.05, 0.1) is 17.7 Å². The first-order valence-electron chi connectivity index (χ1n) is 6.41. The van der Waals surface area contributed by atoms with Gasteiger partial charge in [-0.3, -0.25) is 4.90 Å². The second kappa shape index (κ2) is 8.13. The van der Waals surface area contributed by atoms with Crippen LogP contribution in [0.2, 0.25) is 0 Å². The number of hydrogen-bond acceptors (Lipinski definition) is 4. The van der Waals surface area contributed by atoms with E-state index in [1.54, 1.807) is 24.3 Å². The van der Waals surface area contributed by atoms with Gasteiger partial charge in [0.15, 0.2) is 0 Å². The Morgan fingerprint density at radius 3 is 2.37 bits per heavy atom. The Bertz CT molecular complexity index is 454. The highest BCUT2D eigenvalue weighted by Crippen LogP contribution is 2.11. The molecule has 0 aliphatic heterocycles. The van der Waals surface area contributed by atoms with E-state index < -0.39 is 0 Å². The van der Waals surface area contributed by atoms with Crippen LogP contribution in [0.5, 0.6) is 5.75 Å². The van der Waals surface area contributed by atoms with Gasteiger partial charge < -0.3 is 4.74 Å². The number of nitrogens with zero attached hydrogens (tertiary/aromatic N) is 3. The van der Waals surface area contributed by atoms with Crippen molar-refractivity contribution in [2.75, 3.05) is 19.7 Å². The molecule has 0 fully saturated rings. The molecule has 0 aliphatic rings. The van der Waals surface area contributed by atoms with Crippen molar-refractivity contribution in [3.8, 4) is 17.9 Å². The minimum Gasteiger partial charge on any atom is -0.492 e. The summed E-state index contributed by atoms with van der Waals surface area (Å²) < 4.78 is 5.63. The Morgan fingerprint density at radius 2 is 1.84 bits per heavy atom. The Kier molecular flexibility index (Phi) is 6.43. The summed E-state index contributed by atoms with van der Waals surface area (Å²) in [5.74, 6) is 0.767. The fourth-order valence-electron chi connectivity index (χ4n) is 1.73. The molecule has 0 unspecified atom stereocenters. The van der Waals surface area contributed by atoms with Crippen molar-refractivity contribution in [1.29, 1.82) is 10.5 Å². The van der Waals surface area contributed by atoms with Crippen molar-refractivity contribution in [2.45, 2.75) is 26.3 Å². The Balaban J connectivity index is 2.39. The summed E-state index contributed by atoms with van der Waals surface area (Å²) in [6, 6.07) is 11.7. The van der Waals surface area contributed by atoms with Crippen molar-refractivity contribution >= 4 is 0 Å². The summed E-state index contributed by atoms with van der Waals surface area (Å²) in [5, 5.41) is 17.3.